The molecule has 0 fully saturated rings. The van der Waals surface area contributed by atoms with Crippen molar-refractivity contribution in [3.05, 3.63) is 0 Å². The smallest absolute Gasteiger partial charge is 0.339 e. The molecule has 0 aliphatic carbocycles. The molecule has 0 amide bonds. The van der Waals surface area contributed by atoms with Gasteiger partial charge in [-0.25, -0.2) is 0 Å². The highest BCUT2D eigenvalue weighted by atomic mass is 31.2. The van der Waals surface area contributed by atoms with Gasteiger partial charge < -0.3 is 30.6 Å². The summed E-state index contributed by atoms with van der Waals surface area (Å²) in [5, 5.41) is 22.2. The number of aliphatic carboxylic acids is 2. The van der Waals surface area contributed by atoms with Gasteiger partial charge in [0.05, 0.1) is 12.7 Å². The van der Waals surface area contributed by atoms with Gasteiger partial charge in [-0.2, -0.15) is 0 Å². The molecule has 0 heterocycles. The highest BCUT2D eigenvalue weighted by molar-refractivity contribution is 7.51. The Labute approximate surface area is 103 Å². The van der Waals surface area contributed by atoms with Gasteiger partial charge in [-0.1, -0.05) is 0 Å². The average molecular weight is 284 g/mol. The lowest BCUT2D eigenvalue weighted by Crippen LogP contribution is -2.39. The molecule has 0 bridgehead atoms. The van der Waals surface area contributed by atoms with Gasteiger partial charge in [0.15, 0.2) is 0 Å². The van der Waals surface area contributed by atoms with Crippen molar-refractivity contribution in [2.45, 2.75) is 18.9 Å². The van der Waals surface area contributed by atoms with Crippen molar-refractivity contribution in [2.75, 3.05) is 19.4 Å². The van der Waals surface area contributed by atoms with E-state index in [9.17, 15) is 14.2 Å². The van der Waals surface area contributed by atoms with Gasteiger partial charge in [0.25, 0.3) is 0 Å². The van der Waals surface area contributed by atoms with Crippen molar-refractivity contribution in [2.24, 2.45) is 0 Å². The van der Waals surface area contributed by atoms with E-state index in [0.717, 1.165) is 0 Å². The predicted molar refractivity (Wildman–Crippen MR) is 61.2 cm³/mol. The first-order valence-corrected chi connectivity index (χ1v) is 6.95. The van der Waals surface area contributed by atoms with Crippen LogP contribution in [0.2, 0.25) is 0 Å². The van der Waals surface area contributed by atoms with Gasteiger partial charge in [-0.15, -0.1) is 0 Å². The number of hydrogen-bond donors (Lipinski definition) is 6. The van der Waals surface area contributed by atoms with E-state index in [0.29, 0.717) is 6.42 Å². The van der Waals surface area contributed by atoms with Gasteiger partial charge in [0.1, 0.15) is 6.04 Å². The summed E-state index contributed by atoms with van der Waals surface area (Å²) in [6, 6.07) is -1.16. The molecule has 10 heteroatoms. The minimum absolute atomic E-state index is 0.235. The third-order valence-corrected chi connectivity index (χ3v) is 2.55. The predicted octanol–water partition coefficient (Wildman–Crippen LogP) is -1.38. The van der Waals surface area contributed by atoms with Crippen molar-refractivity contribution in [1.29, 1.82) is 0 Å². The zero-order valence-electron chi connectivity index (χ0n) is 9.57. The fourth-order valence-electron chi connectivity index (χ4n) is 1.14. The Morgan fingerprint density at radius 1 is 1.17 bits per heavy atom. The first kappa shape index (κ1) is 17.0. The second-order valence-electron chi connectivity index (χ2n) is 3.62. The summed E-state index contributed by atoms with van der Waals surface area (Å²) in [7, 11) is -4.07. The van der Waals surface area contributed by atoms with Crippen LogP contribution in [0.3, 0.4) is 0 Å². The molecule has 0 aliphatic heterocycles. The molecular formula is C8H17N2O7P. The van der Waals surface area contributed by atoms with Gasteiger partial charge in [-0.3, -0.25) is 14.2 Å². The van der Waals surface area contributed by atoms with Crippen molar-refractivity contribution < 1.29 is 34.2 Å². The first-order chi connectivity index (χ1) is 8.22. The monoisotopic (exact) mass is 284 g/mol. The summed E-state index contributed by atoms with van der Waals surface area (Å²) in [4.78, 5) is 38.0. The molecule has 0 rings (SSSR count). The zero-order chi connectivity index (χ0) is 14.2. The van der Waals surface area contributed by atoms with Crippen molar-refractivity contribution >= 4 is 19.5 Å². The van der Waals surface area contributed by atoms with Crippen molar-refractivity contribution in [3.63, 3.8) is 0 Å². The molecule has 1 unspecified atom stereocenters. The summed E-state index contributed by atoms with van der Waals surface area (Å²) < 4.78 is 10.5. The van der Waals surface area contributed by atoms with E-state index in [2.05, 4.69) is 10.6 Å². The highest BCUT2D eigenvalue weighted by Crippen LogP contribution is 2.31. The van der Waals surface area contributed by atoms with Crippen LogP contribution in [0.1, 0.15) is 12.8 Å². The number of carboxylic acid groups (broad SMARTS) is 2. The van der Waals surface area contributed by atoms with E-state index in [1.54, 1.807) is 0 Å². The maximum atomic E-state index is 10.6. The number of carboxylic acids is 2. The number of carbonyl (C=O) groups is 2. The summed E-state index contributed by atoms with van der Waals surface area (Å²) in [6.45, 7) is 0.524. The van der Waals surface area contributed by atoms with E-state index < -0.39 is 38.3 Å². The molecule has 0 saturated carbocycles. The quantitative estimate of drug-likeness (QED) is 0.210. The van der Waals surface area contributed by atoms with Crippen LogP contribution in [-0.4, -0.2) is 57.4 Å². The Balaban J connectivity index is 3.71. The lowest BCUT2D eigenvalue weighted by atomic mass is 10.2. The van der Waals surface area contributed by atoms with E-state index in [4.69, 9.17) is 20.0 Å². The van der Waals surface area contributed by atoms with Crippen LogP contribution in [0.15, 0.2) is 0 Å². The third kappa shape index (κ3) is 10.2. The minimum Gasteiger partial charge on any atom is -0.481 e. The standard InChI is InChI=1S/C8H17N2O7P/c11-7(12)4-6(8(13)14)10-3-1-2-9-5-18(15,16)17/h6,9-10H,1-5H2,(H,11,12)(H,13,14)(H2,15,16,17). The molecule has 6 N–H and O–H groups in total. The van der Waals surface area contributed by atoms with Gasteiger partial charge >= 0.3 is 19.5 Å². The first-order valence-electron chi connectivity index (χ1n) is 5.15. The van der Waals surface area contributed by atoms with Crippen molar-refractivity contribution in [1.82, 2.24) is 10.6 Å². The van der Waals surface area contributed by atoms with Crippen LogP contribution in [-0.2, 0) is 14.2 Å². The average Bonchev–Trinajstić information content (AvgIpc) is 2.18. The molecular weight excluding hydrogens is 267 g/mol. The minimum atomic E-state index is -4.07. The number of rotatable bonds is 10. The van der Waals surface area contributed by atoms with Gasteiger partial charge in [0.2, 0.25) is 0 Å². The summed E-state index contributed by atoms with van der Waals surface area (Å²) >= 11 is 0. The SMILES string of the molecule is O=C(O)CC(NCCCNCP(=O)(O)O)C(=O)O. The molecule has 106 valence electrons. The number of hydrogen-bond acceptors (Lipinski definition) is 5. The summed E-state index contributed by atoms with van der Waals surface area (Å²) in [6.07, 6.45) is -0.543. The summed E-state index contributed by atoms with van der Waals surface area (Å²) in [5.41, 5.74) is 0. The van der Waals surface area contributed by atoms with E-state index >= 15 is 0 Å². The van der Waals surface area contributed by atoms with Crippen molar-refractivity contribution in [3.8, 4) is 0 Å². The Bertz CT molecular complexity index is 329. The van der Waals surface area contributed by atoms with Gasteiger partial charge in [-0.05, 0) is 19.5 Å². The lowest BCUT2D eigenvalue weighted by molar-refractivity contribution is -0.145. The second kappa shape index (κ2) is 8.17. The van der Waals surface area contributed by atoms with Crippen LogP contribution in [0.25, 0.3) is 0 Å². The van der Waals surface area contributed by atoms with E-state index in [1.807, 2.05) is 0 Å². The van der Waals surface area contributed by atoms with E-state index in [1.165, 1.54) is 0 Å². The topological polar surface area (TPSA) is 156 Å². The Hall–Kier alpha value is -0.990. The fourth-order valence-corrected chi connectivity index (χ4v) is 1.59. The lowest BCUT2D eigenvalue weighted by Gasteiger charge is -2.12. The molecule has 1 atom stereocenters. The van der Waals surface area contributed by atoms with Gasteiger partial charge in [0, 0.05) is 0 Å². The normalized spacial score (nSPS) is 13.2. The molecule has 18 heavy (non-hydrogen) atoms. The Morgan fingerprint density at radius 3 is 2.22 bits per heavy atom. The van der Waals surface area contributed by atoms with Crippen LogP contribution in [0, 0.1) is 0 Å². The molecule has 0 spiro atoms. The molecule has 0 radical (unpaired) electrons. The molecule has 0 aliphatic rings. The van der Waals surface area contributed by atoms with Crippen LogP contribution >= 0.6 is 7.60 Å². The zero-order valence-corrected chi connectivity index (χ0v) is 10.5. The molecule has 0 aromatic heterocycles. The third-order valence-electron chi connectivity index (χ3n) is 1.92. The van der Waals surface area contributed by atoms with Crippen LogP contribution in [0.4, 0.5) is 0 Å². The van der Waals surface area contributed by atoms with Crippen LogP contribution < -0.4 is 10.6 Å². The maximum Gasteiger partial charge on any atom is 0.339 e. The fraction of sp³-hybridized carbons (Fsp3) is 0.750. The molecule has 9 nitrogen and oxygen atoms in total. The van der Waals surface area contributed by atoms with E-state index in [-0.39, 0.29) is 13.1 Å². The molecule has 0 saturated heterocycles. The number of nitrogens with one attached hydrogen (secondary N) is 2. The summed E-state index contributed by atoms with van der Waals surface area (Å²) in [5.74, 6) is -2.46. The molecule has 0 aromatic rings. The highest BCUT2D eigenvalue weighted by Gasteiger charge is 2.19. The maximum absolute atomic E-state index is 10.6. The Morgan fingerprint density at radius 2 is 1.78 bits per heavy atom. The molecule has 0 aromatic carbocycles. The van der Waals surface area contributed by atoms with Crippen LogP contribution in [0.5, 0.6) is 0 Å². The second-order valence-corrected chi connectivity index (χ2v) is 5.26. The Kier molecular flexibility index (Phi) is 7.72. The largest absolute Gasteiger partial charge is 0.481 e.